The van der Waals surface area contributed by atoms with Crippen LogP contribution in [0.4, 0.5) is 5.69 Å². The van der Waals surface area contributed by atoms with Crippen molar-refractivity contribution < 1.29 is 14.3 Å². The summed E-state index contributed by atoms with van der Waals surface area (Å²) in [6.45, 7) is 2.23. The fourth-order valence-corrected chi connectivity index (χ4v) is 4.03. The van der Waals surface area contributed by atoms with Crippen LogP contribution < -0.4 is 14.8 Å². The molecule has 5 rings (SSSR count). The maximum atomic E-state index is 12.6. The van der Waals surface area contributed by atoms with Gasteiger partial charge < -0.3 is 14.8 Å². The minimum Gasteiger partial charge on any atom is -0.454 e. The van der Waals surface area contributed by atoms with Crippen molar-refractivity contribution in [3.05, 3.63) is 72.6 Å². The second kappa shape index (κ2) is 8.72. The highest BCUT2D eigenvalue weighted by molar-refractivity contribution is 7.99. The normalized spacial score (nSPS) is 12.0. The maximum absolute atomic E-state index is 12.6. The minimum atomic E-state index is -0.155. The van der Waals surface area contributed by atoms with Crippen molar-refractivity contribution in [3.63, 3.8) is 0 Å². The number of hydrogen-bond donors (Lipinski definition) is 1. The molecule has 0 saturated heterocycles. The molecular formula is C23H19N5O3S. The summed E-state index contributed by atoms with van der Waals surface area (Å²) in [5, 5.41) is 12.3. The topological polar surface area (TPSA) is 91.2 Å². The summed E-state index contributed by atoms with van der Waals surface area (Å²) in [5.41, 5.74) is 3.62. The molecular weight excluding hydrogens is 426 g/mol. The van der Waals surface area contributed by atoms with Crippen LogP contribution in [0.15, 0.2) is 72.1 Å². The summed E-state index contributed by atoms with van der Waals surface area (Å²) in [4.78, 5) is 16.7. The molecule has 3 heterocycles. The van der Waals surface area contributed by atoms with Gasteiger partial charge in [-0.15, -0.1) is 10.2 Å². The molecule has 1 N–H and O–H groups in total. The van der Waals surface area contributed by atoms with Crippen LogP contribution >= 0.6 is 11.8 Å². The number of carbonyl (C=O) groups is 1. The number of fused-ring (bicyclic) bond motifs is 1. The summed E-state index contributed by atoms with van der Waals surface area (Å²) >= 11 is 1.32. The zero-order valence-electron chi connectivity index (χ0n) is 17.2. The van der Waals surface area contributed by atoms with E-state index < -0.39 is 0 Å². The Labute approximate surface area is 188 Å². The van der Waals surface area contributed by atoms with E-state index in [1.54, 1.807) is 30.6 Å². The van der Waals surface area contributed by atoms with Gasteiger partial charge in [-0.2, -0.15) is 0 Å². The van der Waals surface area contributed by atoms with Gasteiger partial charge >= 0.3 is 0 Å². The first-order valence-electron chi connectivity index (χ1n) is 9.92. The van der Waals surface area contributed by atoms with Crippen molar-refractivity contribution in [2.24, 2.45) is 0 Å². The van der Waals surface area contributed by atoms with Crippen molar-refractivity contribution in [3.8, 4) is 28.6 Å². The first-order valence-corrected chi connectivity index (χ1v) is 10.9. The van der Waals surface area contributed by atoms with Crippen LogP contribution in [0.3, 0.4) is 0 Å². The summed E-state index contributed by atoms with van der Waals surface area (Å²) in [5.74, 6) is 2.01. The second-order valence-corrected chi connectivity index (χ2v) is 8.06. The molecule has 0 saturated carbocycles. The lowest BCUT2D eigenvalue weighted by molar-refractivity contribution is -0.113. The van der Waals surface area contributed by atoms with Crippen LogP contribution in [0.1, 0.15) is 5.56 Å². The van der Waals surface area contributed by atoms with E-state index in [2.05, 4.69) is 20.5 Å². The number of nitrogens with one attached hydrogen (secondary N) is 1. The number of carbonyl (C=O) groups excluding carboxylic acids is 1. The molecule has 4 aromatic rings. The van der Waals surface area contributed by atoms with Gasteiger partial charge in [0.25, 0.3) is 0 Å². The number of aryl methyl sites for hydroxylation is 1. The molecule has 1 amide bonds. The number of thioether (sulfide) groups is 1. The molecule has 160 valence electrons. The Bertz CT molecular complexity index is 1260. The van der Waals surface area contributed by atoms with Crippen molar-refractivity contribution >= 4 is 23.4 Å². The lowest BCUT2D eigenvalue weighted by Crippen LogP contribution is -2.14. The third-order valence-corrected chi connectivity index (χ3v) is 5.78. The van der Waals surface area contributed by atoms with E-state index in [4.69, 9.17) is 9.47 Å². The molecule has 0 fully saturated rings. The van der Waals surface area contributed by atoms with E-state index in [1.807, 2.05) is 47.9 Å². The highest BCUT2D eigenvalue weighted by Crippen LogP contribution is 2.34. The summed E-state index contributed by atoms with van der Waals surface area (Å²) in [6.07, 6.45) is 3.43. The quantitative estimate of drug-likeness (QED) is 0.447. The van der Waals surface area contributed by atoms with Gasteiger partial charge in [-0.1, -0.05) is 29.5 Å². The smallest absolute Gasteiger partial charge is 0.234 e. The van der Waals surface area contributed by atoms with Gasteiger partial charge in [0, 0.05) is 35.4 Å². The number of rotatable bonds is 6. The van der Waals surface area contributed by atoms with Gasteiger partial charge in [0.1, 0.15) is 0 Å². The molecule has 32 heavy (non-hydrogen) atoms. The van der Waals surface area contributed by atoms with E-state index in [9.17, 15) is 4.79 Å². The monoisotopic (exact) mass is 445 g/mol. The Kier molecular flexibility index (Phi) is 5.47. The van der Waals surface area contributed by atoms with Gasteiger partial charge in [0.15, 0.2) is 22.5 Å². The Morgan fingerprint density at radius 3 is 2.62 bits per heavy atom. The van der Waals surface area contributed by atoms with Gasteiger partial charge in [-0.05, 0) is 43.3 Å². The zero-order valence-corrected chi connectivity index (χ0v) is 18.0. The van der Waals surface area contributed by atoms with E-state index >= 15 is 0 Å². The molecule has 2 aromatic carbocycles. The first-order chi connectivity index (χ1) is 15.7. The number of ether oxygens (including phenoxy) is 2. The van der Waals surface area contributed by atoms with E-state index in [-0.39, 0.29) is 18.5 Å². The predicted octanol–water partition coefficient (Wildman–Crippen LogP) is 4.10. The summed E-state index contributed by atoms with van der Waals surface area (Å²) in [7, 11) is 0. The first kappa shape index (κ1) is 20.1. The SMILES string of the molecule is Cc1ccc(-n2c(SCC(=O)Nc3ccc4c(c3)OCO4)nnc2-c2ccncc2)cc1. The fourth-order valence-electron chi connectivity index (χ4n) is 3.28. The van der Waals surface area contributed by atoms with E-state index in [0.717, 1.165) is 16.8 Å². The molecule has 0 atom stereocenters. The molecule has 2 aromatic heterocycles. The standard InChI is InChI=1S/C23H19N5O3S/c1-15-2-5-18(6-3-15)28-22(16-8-10-24-11-9-16)26-27-23(28)32-13-21(29)25-17-4-7-19-20(12-17)31-14-30-19/h2-12H,13-14H2,1H3,(H,25,29). The highest BCUT2D eigenvalue weighted by Gasteiger charge is 2.18. The minimum absolute atomic E-state index is 0.155. The molecule has 0 spiro atoms. The van der Waals surface area contributed by atoms with Crippen LogP contribution in [0.2, 0.25) is 0 Å². The lowest BCUT2D eigenvalue weighted by atomic mass is 10.2. The summed E-state index contributed by atoms with van der Waals surface area (Å²) < 4.78 is 12.6. The Hall–Kier alpha value is -3.85. The molecule has 0 radical (unpaired) electrons. The Balaban J connectivity index is 1.37. The molecule has 1 aliphatic heterocycles. The number of benzene rings is 2. The van der Waals surface area contributed by atoms with Crippen molar-refractivity contribution in [1.82, 2.24) is 19.7 Å². The van der Waals surface area contributed by atoms with Gasteiger partial charge in [0.05, 0.1) is 5.75 Å². The Morgan fingerprint density at radius 1 is 1.03 bits per heavy atom. The van der Waals surface area contributed by atoms with Gasteiger partial charge in [0.2, 0.25) is 12.7 Å². The fraction of sp³-hybridized carbons (Fsp3) is 0.130. The molecule has 9 heteroatoms. The van der Waals surface area contributed by atoms with Crippen LogP contribution in [0.25, 0.3) is 17.1 Å². The van der Waals surface area contributed by atoms with Crippen LogP contribution in [-0.4, -0.2) is 38.2 Å². The molecule has 0 aliphatic carbocycles. The van der Waals surface area contributed by atoms with E-state index in [1.165, 1.54) is 11.8 Å². The average molecular weight is 446 g/mol. The average Bonchev–Trinajstić information content (AvgIpc) is 3.45. The van der Waals surface area contributed by atoms with Gasteiger partial charge in [-0.3, -0.25) is 14.3 Å². The number of nitrogens with zero attached hydrogens (tertiary/aromatic N) is 4. The number of hydrogen-bond acceptors (Lipinski definition) is 7. The second-order valence-electron chi connectivity index (χ2n) is 7.12. The largest absolute Gasteiger partial charge is 0.454 e. The van der Waals surface area contributed by atoms with Crippen LogP contribution in [0.5, 0.6) is 11.5 Å². The molecule has 8 nitrogen and oxygen atoms in total. The molecule has 0 unspecified atom stereocenters. The number of pyridine rings is 1. The Morgan fingerprint density at radius 2 is 1.81 bits per heavy atom. The highest BCUT2D eigenvalue weighted by atomic mass is 32.2. The third-order valence-electron chi connectivity index (χ3n) is 4.85. The molecule has 1 aliphatic rings. The predicted molar refractivity (Wildman–Crippen MR) is 121 cm³/mol. The number of amides is 1. The van der Waals surface area contributed by atoms with Crippen LogP contribution in [0, 0.1) is 6.92 Å². The number of aromatic nitrogens is 4. The van der Waals surface area contributed by atoms with Crippen molar-refractivity contribution in [1.29, 1.82) is 0 Å². The van der Waals surface area contributed by atoms with Crippen molar-refractivity contribution in [2.45, 2.75) is 12.1 Å². The summed E-state index contributed by atoms with van der Waals surface area (Å²) in [6, 6.07) is 17.2. The van der Waals surface area contributed by atoms with Crippen LogP contribution in [-0.2, 0) is 4.79 Å². The van der Waals surface area contributed by atoms with E-state index in [0.29, 0.717) is 28.2 Å². The maximum Gasteiger partial charge on any atom is 0.234 e. The van der Waals surface area contributed by atoms with Gasteiger partial charge in [-0.25, -0.2) is 0 Å². The lowest BCUT2D eigenvalue weighted by Gasteiger charge is -2.11. The zero-order chi connectivity index (χ0) is 21.9. The third kappa shape index (κ3) is 4.15. The van der Waals surface area contributed by atoms with Crippen molar-refractivity contribution in [2.75, 3.05) is 17.9 Å². The molecule has 0 bridgehead atoms. The number of anilines is 1.